The zero-order chi connectivity index (χ0) is 14.1. The van der Waals surface area contributed by atoms with Crippen molar-refractivity contribution in [1.82, 2.24) is 15.4 Å². The van der Waals surface area contributed by atoms with Gasteiger partial charge in [0.25, 0.3) is 0 Å². The summed E-state index contributed by atoms with van der Waals surface area (Å²) >= 11 is 0. The van der Waals surface area contributed by atoms with E-state index in [4.69, 9.17) is 4.52 Å². The Morgan fingerprint density at radius 1 is 1.14 bits per heavy atom. The van der Waals surface area contributed by atoms with Gasteiger partial charge in [0.2, 0.25) is 0 Å². The van der Waals surface area contributed by atoms with Crippen LogP contribution in [0.25, 0.3) is 11.3 Å². The second kappa shape index (κ2) is 6.82. The number of hydrogen-bond acceptors (Lipinski definition) is 4. The molecule has 0 radical (unpaired) electrons. The Bertz CT molecular complexity index is 587. The van der Waals surface area contributed by atoms with Crippen LogP contribution >= 0.6 is 12.4 Å². The minimum Gasteiger partial charge on any atom is -0.356 e. The summed E-state index contributed by atoms with van der Waals surface area (Å²) in [5.41, 5.74) is 2.14. The fourth-order valence-corrected chi connectivity index (χ4v) is 3.65. The van der Waals surface area contributed by atoms with Crippen molar-refractivity contribution in [3.05, 3.63) is 42.1 Å². The quantitative estimate of drug-likeness (QED) is 0.944. The molecule has 4 rings (SSSR count). The largest absolute Gasteiger partial charge is 0.356 e. The number of rotatable bonds is 3. The van der Waals surface area contributed by atoms with Crippen LogP contribution in [0.4, 0.5) is 0 Å². The van der Waals surface area contributed by atoms with E-state index in [0.29, 0.717) is 12.1 Å². The summed E-state index contributed by atoms with van der Waals surface area (Å²) in [6.45, 7) is 3.17. The molecule has 2 aliphatic rings. The van der Waals surface area contributed by atoms with Crippen molar-refractivity contribution >= 4 is 12.4 Å². The summed E-state index contributed by atoms with van der Waals surface area (Å²) in [6, 6.07) is 13.6. The molecule has 1 aromatic heterocycles. The molecule has 2 atom stereocenters. The molecule has 2 aliphatic heterocycles. The summed E-state index contributed by atoms with van der Waals surface area (Å²) in [7, 11) is 0. The third-order valence-electron chi connectivity index (χ3n) is 4.77. The van der Waals surface area contributed by atoms with Gasteiger partial charge < -0.3 is 9.84 Å². The Hall–Kier alpha value is -1.36. The van der Waals surface area contributed by atoms with Crippen LogP contribution in [0.1, 0.15) is 25.0 Å². The van der Waals surface area contributed by atoms with E-state index in [1.54, 1.807) is 0 Å². The molecular weight excluding hydrogens is 298 g/mol. The van der Waals surface area contributed by atoms with E-state index in [1.807, 2.05) is 18.2 Å². The van der Waals surface area contributed by atoms with Crippen LogP contribution in [0, 0.1) is 0 Å². The van der Waals surface area contributed by atoms with Gasteiger partial charge in [-0.1, -0.05) is 35.5 Å². The Labute approximate surface area is 137 Å². The maximum Gasteiger partial charge on any atom is 0.167 e. The summed E-state index contributed by atoms with van der Waals surface area (Å²) in [4.78, 5) is 2.62. The predicted octanol–water partition coefficient (Wildman–Crippen LogP) is 3.09. The molecule has 22 heavy (non-hydrogen) atoms. The second-order valence-corrected chi connectivity index (χ2v) is 6.10. The van der Waals surface area contributed by atoms with E-state index < -0.39 is 0 Å². The van der Waals surface area contributed by atoms with Crippen LogP contribution in [0.3, 0.4) is 0 Å². The van der Waals surface area contributed by atoms with Gasteiger partial charge in [0.05, 0.1) is 5.69 Å². The molecule has 2 bridgehead atoms. The van der Waals surface area contributed by atoms with Gasteiger partial charge in [0.15, 0.2) is 5.76 Å². The summed E-state index contributed by atoms with van der Waals surface area (Å²) in [5.74, 6) is 0.867. The monoisotopic (exact) mass is 319 g/mol. The first-order valence-electron chi connectivity index (χ1n) is 7.87. The molecule has 3 heterocycles. The summed E-state index contributed by atoms with van der Waals surface area (Å²) in [5, 5.41) is 7.82. The van der Waals surface area contributed by atoms with Crippen LogP contribution in [-0.4, -0.2) is 35.2 Å². The first kappa shape index (κ1) is 15.5. The molecule has 4 nitrogen and oxygen atoms in total. The van der Waals surface area contributed by atoms with Crippen LogP contribution in [-0.2, 0) is 6.54 Å². The highest BCUT2D eigenvalue weighted by Crippen LogP contribution is 2.30. The maximum atomic E-state index is 5.52. The number of hydrogen-bond donors (Lipinski definition) is 1. The van der Waals surface area contributed by atoms with E-state index in [0.717, 1.165) is 36.7 Å². The SMILES string of the molecule is Cl.c1ccc(-c2cc(CN3C4CCNCC3CC4)no2)cc1. The lowest BCUT2D eigenvalue weighted by Crippen LogP contribution is -2.37. The van der Waals surface area contributed by atoms with Crippen molar-refractivity contribution in [1.29, 1.82) is 0 Å². The van der Waals surface area contributed by atoms with E-state index in [2.05, 4.69) is 33.6 Å². The number of benzene rings is 1. The fraction of sp³-hybridized carbons (Fsp3) is 0.471. The molecule has 0 spiro atoms. The van der Waals surface area contributed by atoms with Crippen molar-refractivity contribution in [2.24, 2.45) is 0 Å². The standard InChI is InChI=1S/C17H21N3O.ClH/c1-2-4-13(5-3-1)17-10-14(19-21-17)12-20-15-6-7-16(20)11-18-9-8-15;/h1-5,10,15-16,18H,6-9,11-12H2;1H. The Balaban J connectivity index is 0.00000144. The zero-order valence-electron chi connectivity index (χ0n) is 12.6. The minimum absolute atomic E-state index is 0. The third-order valence-corrected chi connectivity index (χ3v) is 4.77. The number of fused-ring (bicyclic) bond motifs is 2. The first-order valence-corrected chi connectivity index (χ1v) is 7.87. The van der Waals surface area contributed by atoms with Crippen molar-refractivity contribution in [3.8, 4) is 11.3 Å². The minimum atomic E-state index is 0. The zero-order valence-corrected chi connectivity index (χ0v) is 13.4. The maximum absolute atomic E-state index is 5.52. The van der Waals surface area contributed by atoms with Gasteiger partial charge in [0, 0.05) is 36.8 Å². The molecule has 5 heteroatoms. The molecule has 0 saturated carbocycles. The van der Waals surface area contributed by atoms with Gasteiger partial charge in [-0.25, -0.2) is 0 Å². The smallest absolute Gasteiger partial charge is 0.167 e. The summed E-state index contributed by atoms with van der Waals surface area (Å²) in [6.07, 6.45) is 3.89. The first-order chi connectivity index (χ1) is 10.4. The topological polar surface area (TPSA) is 41.3 Å². The van der Waals surface area contributed by atoms with Crippen molar-refractivity contribution in [2.75, 3.05) is 13.1 Å². The average molecular weight is 320 g/mol. The van der Waals surface area contributed by atoms with Crippen molar-refractivity contribution in [3.63, 3.8) is 0 Å². The van der Waals surface area contributed by atoms with Crippen LogP contribution in [0.5, 0.6) is 0 Å². The van der Waals surface area contributed by atoms with E-state index in [1.165, 1.54) is 19.3 Å². The number of nitrogens with one attached hydrogen (secondary N) is 1. The third kappa shape index (κ3) is 3.05. The summed E-state index contributed by atoms with van der Waals surface area (Å²) < 4.78 is 5.52. The molecule has 0 aliphatic carbocycles. The van der Waals surface area contributed by atoms with Gasteiger partial charge in [-0.15, -0.1) is 12.4 Å². The van der Waals surface area contributed by atoms with Gasteiger partial charge >= 0.3 is 0 Å². The van der Waals surface area contributed by atoms with E-state index >= 15 is 0 Å². The highest BCUT2D eigenvalue weighted by atomic mass is 35.5. The molecule has 2 fully saturated rings. The molecule has 0 amide bonds. The Kier molecular flexibility index (Phi) is 4.81. The van der Waals surface area contributed by atoms with Crippen molar-refractivity contribution < 1.29 is 4.52 Å². The lowest BCUT2D eigenvalue weighted by Gasteiger charge is -2.26. The molecule has 2 aromatic rings. The molecule has 1 N–H and O–H groups in total. The number of nitrogens with zero attached hydrogens (tertiary/aromatic N) is 2. The van der Waals surface area contributed by atoms with Gasteiger partial charge in [-0.2, -0.15) is 0 Å². The Morgan fingerprint density at radius 2 is 1.95 bits per heavy atom. The van der Waals surface area contributed by atoms with Gasteiger partial charge in [0.1, 0.15) is 0 Å². The van der Waals surface area contributed by atoms with Gasteiger partial charge in [-0.3, -0.25) is 4.90 Å². The van der Waals surface area contributed by atoms with E-state index in [-0.39, 0.29) is 12.4 Å². The molecule has 2 unspecified atom stereocenters. The normalized spacial score (nSPS) is 24.7. The Morgan fingerprint density at radius 3 is 2.82 bits per heavy atom. The average Bonchev–Trinajstić information content (AvgIpc) is 3.05. The second-order valence-electron chi connectivity index (χ2n) is 6.10. The lowest BCUT2D eigenvalue weighted by molar-refractivity contribution is 0.188. The number of aromatic nitrogens is 1. The van der Waals surface area contributed by atoms with E-state index in [9.17, 15) is 0 Å². The highest BCUT2D eigenvalue weighted by Gasteiger charge is 2.35. The van der Waals surface area contributed by atoms with Crippen molar-refractivity contribution in [2.45, 2.75) is 37.9 Å². The predicted molar refractivity (Wildman–Crippen MR) is 89.0 cm³/mol. The lowest BCUT2D eigenvalue weighted by atomic mass is 10.1. The molecule has 2 saturated heterocycles. The fourth-order valence-electron chi connectivity index (χ4n) is 3.65. The molecule has 118 valence electrons. The van der Waals surface area contributed by atoms with Gasteiger partial charge in [-0.05, 0) is 25.8 Å². The van der Waals surface area contributed by atoms with Crippen LogP contribution < -0.4 is 5.32 Å². The van der Waals surface area contributed by atoms with Crippen LogP contribution in [0.15, 0.2) is 40.9 Å². The highest BCUT2D eigenvalue weighted by molar-refractivity contribution is 5.85. The number of halogens is 1. The molecular formula is C17H22ClN3O. The molecule has 1 aromatic carbocycles. The van der Waals surface area contributed by atoms with Crippen LogP contribution in [0.2, 0.25) is 0 Å².